The molecule has 7 heteroatoms. The van der Waals surface area contributed by atoms with E-state index in [-0.39, 0.29) is 18.3 Å². The number of aromatic nitrogens is 4. The number of hydrogen-bond donors (Lipinski definition) is 1. The summed E-state index contributed by atoms with van der Waals surface area (Å²) in [4.78, 5) is 23.5. The third-order valence-electron chi connectivity index (χ3n) is 3.84. The van der Waals surface area contributed by atoms with Crippen molar-refractivity contribution in [3.8, 4) is 11.5 Å². The van der Waals surface area contributed by atoms with E-state index in [2.05, 4.69) is 15.0 Å². The van der Waals surface area contributed by atoms with Gasteiger partial charge in [-0.05, 0) is 17.7 Å². The van der Waals surface area contributed by atoms with Gasteiger partial charge in [0.2, 0.25) is 6.79 Å². The predicted octanol–water partition coefficient (Wildman–Crippen LogP) is 2.02. The van der Waals surface area contributed by atoms with Gasteiger partial charge in [-0.2, -0.15) is 4.98 Å². The average molecular weight is 312 g/mol. The molecule has 0 radical (unpaired) electrons. The summed E-state index contributed by atoms with van der Waals surface area (Å²) in [6.45, 7) is 4.85. The number of ether oxygens (including phenoxy) is 2. The Balaban J connectivity index is 1.77. The maximum Gasteiger partial charge on any atom is 0.298 e. The maximum absolute atomic E-state index is 11.9. The second kappa shape index (κ2) is 5.12. The van der Waals surface area contributed by atoms with Crippen molar-refractivity contribution in [2.75, 3.05) is 6.79 Å². The van der Waals surface area contributed by atoms with Gasteiger partial charge in [-0.15, -0.1) is 0 Å². The van der Waals surface area contributed by atoms with Crippen LogP contribution in [-0.2, 0) is 6.54 Å². The number of rotatable bonds is 3. The van der Waals surface area contributed by atoms with Gasteiger partial charge >= 0.3 is 0 Å². The van der Waals surface area contributed by atoms with Gasteiger partial charge in [0.25, 0.3) is 5.56 Å². The number of H-pyrrole nitrogens is 1. The highest BCUT2D eigenvalue weighted by molar-refractivity contribution is 5.70. The molecule has 0 saturated heterocycles. The average Bonchev–Trinajstić information content (AvgIpc) is 3.16. The largest absolute Gasteiger partial charge is 0.454 e. The Morgan fingerprint density at radius 1 is 1.30 bits per heavy atom. The van der Waals surface area contributed by atoms with E-state index < -0.39 is 0 Å². The summed E-state index contributed by atoms with van der Waals surface area (Å²) >= 11 is 0. The number of imidazole rings is 1. The highest BCUT2D eigenvalue weighted by atomic mass is 16.7. The van der Waals surface area contributed by atoms with E-state index in [0.717, 1.165) is 22.9 Å². The molecule has 1 N–H and O–H groups in total. The van der Waals surface area contributed by atoms with Crippen LogP contribution in [0.1, 0.15) is 31.2 Å². The van der Waals surface area contributed by atoms with Crippen molar-refractivity contribution in [1.29, 1.82) is 0 Å². The molecule has 0 fully saturated rings. The molecule has 0 amide bonds. The summed E-state index contributed by atoms with van der Waals surface area (Å²) in [7, 11) is 0. The summed E-state index contributed by atoms with van der Waals surface area (Å²) < 4.78 is 12.6. The monoisotopic (exact) mass is 312 g/mol. The van der Waals surface area contributed by atoms with Gasteiger partial charge in [-0.1, -0.05) is 19.9 Å². The number of benzene rings is 1. The number of nitrogens with one attached hydrogen (secondary N) is 1. The Bertz CT molecular complexity index is 942. The molecule has 1 aliphatic rings. The molecule has 0 unspecified atom stereocenters. The van der Waals surface area contributed by atoms with E-state index in [0.29, 0.717) is 17.7 Å². The summed E-state index contributed by atoms with van der Waals surface area (Å²) in [5, 5.41) is 0. The second-order valence-electron chi connectivity index (χ2n) is 5.84. The number of aromatic amines is 1. The molecule has 1 aliphatic heterocycles. The first kappa shape index (κ1) is 13.8. The summed E-state index contributed by atoms with van der Waals surface area (Å²) in [5.41, 5.74) is 1.79. The van der Waals surface area contributed by atoms with Crippen molar-refractivity contribution >= 4 is 11.2 Å². The van der Waals surface area contributed by atoms with E-state index in [9.17, 15) is 4.79 Å². The minimum atomic E-state index is -0.290. The zero-order valence-electron chi connectivity index (χ0n) is 12.9. The maximum atomic E-state index is 11.9. The van der Waals surface area contributed by atoms with Gasteiger partial charge in [0.1, 0.15) is 12.2 Å². The molecule has 1 aromatic carbocycles. The Kier molecular flexibility index (Phi) is 3.07. The number of fused-ring (bicyclic) bond motifs is 2. The molecular formula is C16H16N4O3. The van der Waals surface area contributed by atoms with Crippen LogP contribution in [-0.4, -0.2) is 26.3 Å². The van der Waals surface area contributed by atoms with Gasteiger partial charge in [0.15, 0.2) is 22.7 Å². The molecule has 0 aliphatic carbocycles. The lowest BCUT2D eigenvalue weighted by Gasteiger charge is -2.07. The van der Waals surface area contributed by atoms with Crippen molar-refractivity contribution in [2.45, 2.75) is 26.3 Å². The van der Waals surface area contributed by atoms with E-state index in [4.69, 9.17) is 9.47 Å². The molecule has 23 heavy (non-hydrogen) atoms. The van der Waals surface area contributed by atoms with Crippen LogP contribution in [0, 0.1) is 0 Å². The Hall–Kier alpha value is -2.83. The standard InChI is InChI=1S/C16H16N4O3/c1-9(2)14-18-13-15(19-14)20(7-17-16(13)21)6-10-3-4-11-12(5-10)23-8-22-11/h3-5,7,9H,6,8H2,1-2H3,(H,18,19). The van der Waals surface area contributed by atoms with Gasteiger partial charge < -0.3 is 19.0 Å². The first-order chi connectivity index (χ1) is 11.1. The van der Waals surface area contributed by atoms with Crippen LogP contribution in [0.25, 0.3) is 11.2 Å². The molecule has 0 atom stereocenters. The van der Waals surface area contributed by atoms with E-state index in [1.807, 2.05) is 36.6 Å². The van der Waals surface area contributed by atoms with Crippen LogP contribution in [0.4, 0.5) is 0 Å². The summed E-state index contributed by atoms with van der Waals surface area (Å²) in [6.07, 6.45) is 1.53. The smallest absolute Gasteiger partial charge is 0.298 e. The molecule has 118 valence electrons. The van der Waals surface area contributed by atoms with E-state index in [1.54, 1.807) is 0 Å². The highest BCUT2D eigenvalue weighted by Crippen LogP contribution is 2.32. The molecule has 2 aromatic heterocycles. The Labute approximate surface area is 131 Å². The summed E-state index contributed by atoms with van der Waals surface area (Å²) in [5.74, 6) is 2.47. The Morgan fingerprint density at radius 2 is 2.13 bits per heavy atom. The van der Waals surface area contributed by atoms with E-state index >= 15 is 0 Å². The minimum Gasteiger partial charge on any atom is -0.454 e. The van der Waals surface area contributed by atoms with Crippen molar-refractivity contribution < 1.29 is 9.47 Å². The number of nitrogens with zero attached hydrogens (tertiary/aromatic N) is 3. The fourth-order valence-corrected chi connectivity index (χ4v) is 2.61. The lowest BCUT2D eigenvalue weighted by atomic mass is 10.2. The van der Waals surface area contributed by atoms with Crippen LogP contribution in [0.15, 0.2) is 29.3 Å². The first-order valence-corrected chi connectivity index (χ1v) is 7.45. The van der Waals surface area contributed by atoms with Crippen LogP contribution in [0.2, 0.25) is 0 Å². The quantitative estimate of drug-likeness (QED) is 0.800. The second-order valence-corrected chi connectivity index (χ2v) is 5.84. The highest BCUT2D eigenvalue weighted by Gasteiger charge is 2.15. The normalized spacial score (nSPS) is 13.2. The van der Waals surface area contributed by atoms with Crippen molar-refractivity contribution in [3.05, 3.63) is 46.3 Å². The SMILES string of the molecule is CC(C)c1nc2c([nH]1)c(=O)ncn2Cc1ccc2c(c1)OCO2. The zero-order valence-corrected chi connectivity index (χ0v) is 12.9. The van der Waals surface area contributed by atoms with Crippen molar-refractivity contribution in [1.82, 2.24) is 19.5 Å². The van der Waals surface area contributed by atoms with Gasteiger partial charge in [-0.25, -0.2) is 4.98 Å². The van der Waals surface area contributed by atoms with Crippen LogP contribution < -0.4 is 15.0 Å². The fraction of sp³-hybridized carbons (Fsp3) is 0.312. The van der Waals surface area contributed by atoms with Gasteiger partial charge in [-0.3, -0.25) is 4.79 Å². The molecule has 0 saturated carbocycles. The topological polar surface area (TPSA) is 82.0 Å². The lowest BCUT2D eigenvalue weighted by Crippen LogP contribution is -2.13. The van der Waals surface area contributed by atoms with E-state index in [1.165, 1.54) is 6.33 Å². The molecule has 7 nitrogen and oxygen atoms in total. The first-order valence-electron chi connectivity index (χ1n) is 7.45. The third kappa shape index (κ3) is 2.34. The minimum absolute atomic E-state index is 0.209. The molecular weight excluding hydrogens is 296 g/mol. The van der Waals surface area contributed by atoms with Crippen LogP contribution >= 0.6 is 0 Å². The molecule has 3 aromatic rings. The number of hydrogen-bond acceptors (Lipinski definition) is 5. The third-order valence-corrected chi connectivity index (χ3v) is 3.84. The lowest BCUT2D eigenvalue weighted by molar-refractivity contribution is 0.174. The zero-order chi connectivity index (χ0) is 16.0. The molecule has 4 rings (SSSR count). The molecule has 0 bridgehead atoms. The molecule has 0 spiro atoms. The van der Waals surface area contributed by atoms with Gasteiger partial charge in [0.05, 0.1) is 6.54 Å². The predicted molar refractivity (Wildman–Crippen MR) is 83.9 cm³/mol. The van der Waals surface area contributed by atoms with Crippen LogP contribution in [0.5, 0.6) is 11.5 Å². The van der Waals surface area contributed by atoms with Crippen LogP contribution in [0.3, 0.4) is 0 Å². The van der Waals surface area contributed by atoms with Crippen molar-refractivity contribution in [2.24, 2.45) is 0 Å². The summed E-state index contributed by atoms with van der Waals surface area (Å²) in [6, 6.07) is 5.78. The van der Waals surface area contributed by atoms with Gasteiger partial charge in [0, 0.05) is 5.92 Å². The van der Waals surface area contributed by atoms with Crippen molar-refractivity contribution in [3.63, 3.8) is 0 Å². The molecule has 3 heterocycles. The fourth-order valence-electron chi connectivity index (χ4n) is 2.61. The Morgan fingerprint density at radius 3 is 2.96 bits per heavy atom.